The van der Waals surface area contributed by atoms with Gasteiger partial charge in [0.1, 0.15) is 11.9 Å². The van der Waals surface area contributed by atoms with Crippen LogP contribution in [0.25, 0.3) is 0 Å². The Kier molecular flexibility index (Phi) is 5.89. The van der Waals surface area contributed by atoms with Crippen LogP contribution in [0.2, 0.25) is 0 Å². The Morgan fingerprint density at radius 3 is 2.52 bits per heavy atom. The van der Waals surface area contributed by atoms with E-state index < -0.39 is 6.04 Å². The van der Waals surface area contributed by atoms with Crippen molar-refractivity contribution in [3.8, 4) is 0 Å². The van der Waals surface area contributed by atoms with Crippen molar-refractivity contribution in [2.24, 2.45) is 5.92 Å². The Morgan fingerprint density at radius 1 is 1.11 bits per heavy atom. The number of nitrogens with one attached hydrogen (secondary N) is 1. The zero-order valence-electron chi connectivity index (χ0n) is 15.7. The standard InChI is InChI=1S/C22H25FN2O2/c1-15(2)13-19(24-21(26)14-16-7-9-18(23)10-8-16)22(27)25-12-11-17-5-3-4-6-20(17)25/h3-10,15,19H,11-14H2,1-2H3,(H,24,26)/t19-/m1/s1. The van der Waals surface area contributed by atoms with Crippen LogP contribution >= 0.6 is 0 Å². The van der Waals surface area contributed by atoms with E-state index in [1.165, 1.54) is 12.1 Å². The van der Waals surface area contributed by atoms with Gasteiger partial charge in [0, 0.05) is 12.2 Å². The summed E-state index contributed by atoms with van der Waals surface area (Å²) < 4.78 is 13.0. The summed E-state index contributed by atoms with van der Waals surface area (Å²) in [4.78, 5) is 27.4. The summed E-state index contributed by atoms with van der Waals surface area (Å²) in [6.45, 7) is 4.70. The molecule has 0 saturated carbocycles. The van der Waals surface area contributed by atoms with E-state index in [1.807, 2.05) is 38.1 Å². The SMILES string of the molecule is CC(C)C[C@@H](NC(=O)Cc1ccc(F)cc1)C(=O)N1CCc2ccccc21. The summed E-state index contributed by atoms with van der Waals surface area (Å²) in [5.41, 5.74) is 2.81. The first-order valence-electron chi connectivity index (χ1n) is 9.37. The molecule has 0 spiro atoms. The average Bonchev–Trinajstić information content (AvgIpc) is 3.06. The number of benzene rings is 2. The fourth-order valence-electron chi connectivity index (χ4n) is 3.48. The minimum absolute atomic E-state index is 0.0684. The fourth-order valence-corrected chi connectivity index (χ4v) is 3.48. The van der Waals surface area contributed by atoms with Gasteiger partial charge in [-0.2, -0.15) is 0 Å². The number of halogens is 1. The maximum atomic E-state index is 13.1. The van der Waals surface area contributed by atoms with Crippen molar-refractivity contribution < 1.29 is 14.0 Å². The molecule has 1 aliphatic rings. The molecule has 0 aliphatic carbocycles. The van der Waals surface area contributed by atoms with Gasteiger partial charge in [0.05, 0.1) is 6.42 Å². The number of para-hydroxylation sites is 1. The second kappa shape index (κ2) is 8.33. The number of anilines is 1. The topological polar surface area (TPSA) is 49.4 Å². The molecule has 142 valence electrons. The van der Waals surface area contributed by atoms with Crippen molar-refractivity contribution >= 4 is 17.5 Å². The van der Waals surface area contributed by atoms with Crippen molar-refractivity contribution in [3.05, 3.63) is 65.5 Å². The smallest absolute Gasteiger partial charge is 0.249 e. The lowest BCUT2D eigenvalue weighted by atomic mass is 10.0. The van der Waals surface area contributed by atoms with Crippen molar-refractivity contribution in [2.75, 3.05) is 11.4 Å². The number of hydrogen-bond acceptors (Lipinski definition) is 2. The maximum absolute atomic E-state index is 13.1. The number of rotatable bonds is 6. The molecule has 0 unspecified atom stereocenters. The largest absolute Gasteiger partial charge is 0.344 e. The molecule has 1 N–H and O–H groups in total. The van der Waals surface area contributed by atoms with Gasteiger partial charge in [-0.1, -0.05) is 44.2 Å². The second-order valence-electron chi connectivity index (χ2n) is 7.42. The molecule has 2 amide bonds. The van der Waals surface area contributed by atoms with Crippen LogP contribution in [-0.2, 0) is 22.4 Å². The Morgan fingerprint density at radius 2 is 1.81 bits per heavy atom. The number of hydrogen-bond donors (Lipinski definition) is 1. The zero-order chi connectivity index (χ0) is 19.4. The molecular weight excluding hydrogens is 343 g/mol. The molecule has 1 aliphatic heterocycles. The predicted octanol–water partition coefficient (Wildman–Crippen LogP) is 3.49. The van der Waals surface area contributed by atoms with Gasteiger partial charge in [0.25, 0.3) is 0 Å². The molecule has 0 saturated heterocycles. The van der Waals surface area contributed by atoms with Crippen LogP contribution in [0, 0.1) is 11.7 Å². The van der Waals surface area contributed by atoms with Gasteiger partial charge in [-0.3, -0.25) is 9.59 Å². The third kappa shape index (κ3) is 4.73. The molecule has 4 nitrogen and oxygen atoms in total. The van der Waals surface area contributed by atoms with E-state index in [1.54, 1.807) is 17.0 Å². The van der Waals surface area contributed by atoms with Crippen molar-refractivity contribution in [1.82, 2.24) is 5.32 Å². The lowest BCUT2D eigenvalue weighted by molar-refractivity contribution is -0.127. The molecule has 0 aromatic heterocycles. The fraction of sp³-hybridized carbons (Fsp3) is 0.364. The summed E-state index contributed by atoms with van der Waals surface area (Å²) in [5.74, 6) is -0.364. The Labute approximate surface area is 159 Å². The van der Waals surface area contributed by atoms with Crippen LogP contribution in [-0.4, -0.2) is 24.4 Å². The Balaban J connectivity index is 1.71. The van der Waals surface area contributed by atoms with Gasteiger partial charge in [-0.25, -0.2) is 4.39 Å². The molecule has 0 radical (unpaired) electrons. The van der Waals surface area contributed by atoms with Gasteiger partial charge in [-0.05, 0) is 48.1 Å². The number of amides is 2. The third-order valence-electron chi connectivity index (χ3n) is 4.77. The number of nitrogens with zero attached hydrogens (tertiary/aromatic N) is 1. The normalized spacial score (nSPS) is 14.1. The second-order valence-corrected chi connectivity index (χ2v) is 7.42. The molecule has 1 atom stereocenters. The molecule has 2 aromatic carbocycles. The van der Waals surface area contributed by atoms with Crippen LogP contribution in [0.1, 0.15) is 31.4 Å². The highest BCUT2D eigenvalue weighted by Crippen LogP contribution is 2.28. The molecule has 0 bridgehead atoms. The molecule has 2 aromatic rings. The molecule has 3 rings (SSSR count). The summed E-state index contributed by atoms with van der Waals surface area (Å²) in [5, 5.41) is 2.90. The summed E-state index contributed by atoms with van der Waals surface area (Å²) in [6, 6.07) is 13.2. The van der Waals surface area contributed by atoms with Gasteiger partial charge in [0.2, 0.25) is 11.8 Å². The minimum Gasteiger partial charge on any atom is -0.344 e. The molecule has 0 fully saturated rings. The lowest BCUT2D eigenvalue weighted by Gasteiger charge is -2.26. The van der Waals surface area contributed by atoms with E-state index in [2.05, 4.69) is 5.32 Å². The third-order valence-corrected chi connectivity index (χ3v) is 4.77. The van der Waals surface area contributed by atoms with E-state index >= 15 is 0 Å². The highest BCUT2D eigenvalue weighted by atomic mass is 19.1. The van der Waals surface area contributed by atoms with E-state index in [0.717, 1.165) is 23.2 Å². The van der Waals surface area contributed by atoms with E-state index in [0.29, 0.717) is 13.0 Å². The predicted molar refractivity (Wildman–Crippen MR) is 104 cm³/mol. The lowest BCUT2D eigenvalue weighted by Crippen LogP contribution is -2.49. The van der Waals surface area contributed by atoms with E-state index in [9.17, 15) is 14.0 Å². The van der Waals surface area contributed by atoms with Crippen molar-refractivity contribution in [2.45, 2.75) is 39.2 Å². The molecule has 1 heterocycles. The molecule has 5 heteroatoms. The first-order valence-corrected chi connectivity index (χ1v) is 9.37. The van der Waals surface area contributed by atoms with Gasteiger partial charge in [-0.15, -0.1) is 0 Å². The van der Waals surface area contributed by atoms with Crippen LogP contribution in [0.4, 0.5) is 10.1 Å². The van der Waals surface area contributed by atoms with Crippen LogP contribution in [0.3, 0.4) is 0 Å². The highest BCUT2D eigenvalue weighted by Gasteiger charge is 2.31. The monoisotopic (exact) mass is 368 g/mol. The van der Waals surface area contributed by atoms with Crippen molar-refractivity contribution in [3.63, 3.8) is 0 Å². The Hall–Kier alpha value is -2.69. The average molecular weight is 368 g/mol. The first kappa shape index (κ1) is 19.1. The molecule has 27 heavy (non-hydrogen) atoms. The summed E-state index contributed by atoms with van der Waals surface area (Å²) in [7, 11) is 0. The zero-order valence-corrected chi connectivity index (χ0v) is 15.7. The van der Waals surface area contributed by atoms with E-state index in [4.69, 9.17) is 0 Å². The van der Waals surface area contributed by atoms with Gasteiger partial charge < -0.3 is 10.2 Å². The summed E-state index contributed by atoms with van der Waals surface area (Å²) >= 11 is 0. The van der Waals surface area contributed by atoms with Gasteiger partial charge in [0.15, 0.2) is 0 Å². The minimum atomic E-state index is -0.566. The van der Waals surface area contributed by atoms with Gasteiger partial charge >= 0.3 is 0 Å². The number of carbonyl (C=O) groups is 2. The van der Waals surface area contributed by atoms with E-state index in [-0.39, 0.29) is 30.0 Å². The highest BCUT2D eigenvalue weighted by molar-refractivity contribution is 6.00. The van der Waals surface area contributed by atoms with Crippen LogP contribution in [0.15, 0.2) is 48.5 Å². The van der Waals surface area contributed by atoms with Crippen LogP contribution < -0.4 is 10.2 Å². The maximum Gasteiger partial charge on any atom is 0.249 e. The first-order chi connectivity index (χ1) is 12.9. The Bertz CT molecular complexity index is 817. The van der Waals surface area contributed by atoms with Crippen LogP contribution in [0.5, 0.6) is 0 Å². The number of carbonyl (C=O) groups excluding carboxylic acids is 2. The number of fused-ring (bicyclic) bond motifs is 1. The van der Waals surface area contributed by atoms with Crippen molar-refractivity contribution in [1.29, 1.82) is 0 Å². The molecular formula is C22H25FN2O2. The summed E-state index contributed by atoms with van der Waals surface area (Å²) in [6.07, 6.45) is 1.53. The quantitative estimate of drug-likeness (QED) is 0.849.